The van der Waals surface area contributed by atoms with E-state index >= 15 is 0 Å². The number of alkyl halides is 3. The lowest BCUT2D eigenvalue weighted by molar-refractivity contribution is -0.137. The van der Waals surface area contributed by atoms with Crippen LogP contribution in [0, 0.1) is 12.7 Å². The van der Waals surface area contributed by atoms with Crippen LogP contribution >= 0.6 is 0 Å². The second-order valence-corrected chi connectivity index (χ2v) is 6.32. The molecule has 0 aliphatic rings. The van der Waals surface area contributed by atoms with E-state index in [9.17, 15) is 17.6 Å². The number of nitrogens with zero attached hydrogens (tertiary/aromatic N) is 4. The van der Waals surface area contributed by atoms with Crippen LogP contribution < -0.4 is 11.1 Å². The summed E-state index contributed by atoms with van der Waals surface area (Å²) in [5.74, 6) is 0.159. The van der Waals surface area contributed by atoms with Crippen molar-refractivity contribution in [1.82, 2.24) is 19.4 Å². The highest BCUT2D eigenvalue weighted by atomic mass is 19.4. The topological polar surface area (TPSA) is 81.1 Å². The molecular weight excluding hydrogens is 388 g/mol. The van der Waals surface area contributed by atoms with E-state index in [1.54, 1.807) is 6.92 Å². The predicted molar refractivity (Wildman–Crippen MR) is 100 cm³/mol. The monoisotopic (exact) mass is 402 g/mol. The molecule has 148 valence electrons. The molecule has 4 aromatic rings. The van der Waals surface area contributed by atoms with Crippen LogP contribution in [0.1, 0.15) is 11.3 Å². The normalized spacial score (nSPS) is 11.8. The molecular formula is C19H14F4N6. The number of fused-ring (bicyclic) bond motifs is 1. The number of nitrogen functional groups attached to an aromatic ring is 1. The Morgan fingerprint density at radius 3 is 2.41 bits per heavy atom. The molecule has 0 aliphatic heterocycles. The first-order chi connectivity index (χ1) is 13.7. The second-order valence-electron chi connectivity index (χ2n) is 6.32. The number of nitrogens with two attached hydrogens (primary N) is 1. The minimum Gasteiger partial charge on any atom is -0.384 e. The Bertz CT molecular complexity index is 1200. The third kappa shape index (κ3) is 3.68. The maximum absolute atomic E-state index is 13.7. The molecule has 10 heteroatoms. The predicted octanol–water partition coefficient (Wildman–Crippen LogP) is 4.58. The summed E-state index contributed by atoms with van der Waals surface area (Å²) >= 11 is 0. The van der Waals surface area contributed by atoms with Crippen LogP contribution in [0.5, 0.6) is 0 Å². The number of hydrogen-bond acceptors (Lipinski definition) is 5. The molecule has 4 rings (SSSR count). The molecule has 0 spiro atoms. The molecule has 0 saturated heterocycles. The summed E-state index contributed by atoms with van der Waals surface area (Å²) in [4.78, 5) is 12.9. The molecule has 0 atom stereocenters. The van der Waals surface area contributed by atoms with Crippen LogP contribution in [0.25, 0.3) is 17.2 Å². The number of hydrogen-bond donors (Lipinski definition) is 2. The summed E-state index contributed by atoms with van der Waals surface area (Å²) < 4.78 is 53.3. The van der Waals surface area contributed by atoms with E-state index in [-0.39, 0.29) is 17.5 Å². The van der Waals surface area contributed by atoms with Crippen LogP contribution in [-0.2, 0) is 6.18 Å². The lowest BCUT2D eigenvalue weighted by atomic mass is 10.2. The lowest BCUT2D eigenvalue weighted by Crippen LogP contribution is -2.05. The maximum Gasteiger partial charge on any atom is 0.416 e. The Morgan fingerprint density at radius 2 is 1.72 bits per heavy atom. The van der Waals surface area contributed by atoms with Gasteiger partial charge in [-0.3, -0.25) is 4.40 Å². The van der Waals surface area contributed by atoms with Gasteiger partial charge < -0.3 is 11.1 Å². The van der Waals surface area contributed by atoms with E-state index in [0.717, 1.165) is 12.1 Å². The first kappa shape index (κ1) is 18.7. The molecule has 6 nitrogen and oxygen atoms in total. The van der Waals surface area contributed by atoms with E-state index < -0.39 is 17.6 Å². The van der Waals surface area contributed by atoms with E-state index in [1.165, 1.54) is 40.9 Å². The maximum atomic E-state index is 13.7. The second kappa shape index (κ2) is 6.73. The van der Waals surface area contributed by atoms with Crippen LogP contribution in [0.15, 0.2) is 48.7 Å². The molecule has 1 aromatic carbocycles. The first-order valence-corrected chi connectivity index (χ1v) is 8.44. The van der Waals surface area contributed by atoms with Gasteiger partial charge in [0.25, 0.3) is 0 Å². The fourth-order valence-electron chi connectivity index (χ4n) is 2.93. The third-order valence-corrected chi connectivity index (χ3v) is 4.20. The Balaban J connectivity index is 1.72. The van der Waals surface area contributed by atoms with Gasteiger partial charge in [0.1, 0.15) is 28.8 Å². The van der Waals surface area contributed by atoms with E-state index in [2.05, 4.69) is 20.3 Å². The summed E-state index contributed by atoms with van der Waals surface area (Å²) in [5, 5.41) is 2.90. The minimum absolute atomic E-state index is 0.134. The van der Waals surface area contributed by atoms with Crippen molar-refractivity contribution in [2.75, 3.05) is 11.1 Å². The molecule has 3 aromatic heterocycles. The fraction of sp³-hybridized carbons (Fsp3) is 0.105. The number of imidazole rings is 1. The number of anilines is 3. The van der Waals surface area contributed by atoms with Gasteiger partial charge in [0.2, 0.25) is 0 Å². The third-order valence-electron chi connectivity index (χ3n) is 4.20. The zero-order chi connectivity index (χ0) is 20.8. The van der Waals surface area contributed by atoms with Crippen LogP contribution in [0.3, 0.4) is 0 Å². The number of halogens is 4. The number of rotatable bonds is 3. The molecule has 0 fully saturated rings. The van der Waals surface area contributed by atoms with Crippen LogP contribution in [0.4, 0.5) is 34.9 Å². The van der Waals surface area contributed by atoms with Gasteiger partial charge >= 0.3 is 6.18 Å². The van der Waals surface area contributed by atoms with Gasteiger partial charge in [-0.05, 0) is 43.3 Å². The Hall–Kier alpha value is -3.69. The van der Waals surface area contributed by atoms with Gasteiger partial charge in [0.05, 0.1) is 11.3 Å². The standard InChI is InChI=1S/C19H14F4N6/c1-10-17(29-9-12(20)4-7-16(29)25-10)18-27-14(24)8-15(28-18)26-13-5-2-11(3-6-13)19(21,22)23/h2-9H,1H3,(H3,24,26,27,28). The highest BCUT2D eigenvalue weighted by molar-refractivity contribution is 5.66. The number of pyridine rings is 1. The molecule has 3 N–H and O–H groups in total. The largest absolute Gasteiger partial charge is 0.416 e. The molecule has 0 bridgehead atoms. The van der Waals surface area contributed by atoms with Crippen LogP contribution in [-0.4, -0.2) is 19.4 Å². The first-order valence-electron chi connectivity index (χ1n) is 8.44. The summed E-state index contributed by atoms with van der Waals surface area (Å²) in [7, 11) is 0. The van der Waals surface area contributed by atoms with E-state index in [4.69, 9.17) is 5.73 Å². The van der Waals surface area contributed by atoms with Crippen molar-refractivity contribution in [2.45, 2.75) is 13.1 Å². The quantitative estimate of drug-likeness (QED) is 0.490. The summed E-state index contributed by atoms with van der Waals surface area (Å²) in [6.07, 6.45) is -3.15. The average Bonchev–Trinajstić information content (AvgIpc) is 2.96. The van der Waals surface area contributed by atoms with Gasteiger partial charge in [-0.15, -0.1) is 0 Å². The van der Waals surface area contributed by atoms with Gasteiger partial charge in [0, 0.05) is 18.0 Å². The van der Waals surface area contributed by atoms with Crippen molar-refractivity contribution >= 4 is 23.0 Å². The fourth-order valence-corrected chi connectivity index (χ4v) is 2.93. The number of aromatic nitrogens is 4. The highest BCUT2D eigenvalue weighted by Gasteiger charge is 2.30. The van der Waals surface area contributed by atoms with Gasteiger partial charge in [0.15, 0.2) is 5.82 Å². The van der Waals surface area contributed by atoms with Crippen molar-refractivity contribution in [3.05, 3.63) is 65.7 Å². The summed E-state index contributed by atoms with van der Waals surface area (Å²) in [5.41, 5.74) is 7.06. The van der Waals surface area contributed by atoms with Gasteiger partial charge in [-0.25, -0.2) is 19.3 Å². The average molecular weight is 402 g/mol. The number of nitrogens with one attached hydrogen (secondary N) is 1. The smallest absolute Gasteiger partial charge is 0.384 e. The molecule has 29 heavy (non-hydrogen) atoms. The molecule has 3 heterocycles. The molecule has 0 saturated carbocycles. The van der Waals surface area contributed by atoms with Crippen molar-refractivity contribution in [3.63, 3.8) is 0 Å². The molecule has 0 unspecified atom stereocenters. The molecule has 0 amide bonds. The van der Waals surface area contributed by atoms with E-state index in [1.807, 2.05) is 0 Å². The van der Waals surface area contributed by atoms with Gasteiger partial charge in [-0.1, -0.05) is 0 Å². The zero-order valence-electron chi connectivity index (χ0n) is 15.0. The Kier molecular flexibility index (Phi) is 4.33. The van der Waals surface area contributed by atoms with Crippen LogP contribution in [0.2, 0.25) is 0 Å². The highest BCUT2D eigenvalue weighted by Crippen LogP contribution is 2.31. The number of aryl methyl sites for hydroxylation is 1. The SMILES string of the molecule is Cc1nc2ccc(F)cn2c1-c1nc(N)cc(Nc2ccc(C(F)(F)F)cc2)n1. The Morgan fingerprint density at radius 1 is 1.00 bits per heavy atom. The zero-order valence-corrected chi connectivity index (χ0v) is 15.0. The van der Waals surface area contributed by atoms with Crippen molar-refractivity contribution < 1.29 is 17.6 Å². The van der Waals surface area contributed by atoms with Crippen molar-refractivity contribution in [1.29, 1.82) is 0 Å². The Labute approximate surface area is 162 Å². The van der Waals surface area contributed by atoms with Crippen molar-refractivity contribution in [2.24, 2.45) is 0 Å². The minimum atomic E-state index is -4.42. The van der Waals surface area contributed by atoms with Gasteiger partial charge in [-0.2, -0.15) is 13.2 Å². The lowest BCUT2D eigenvalue weighted by Gasteiger charge is -2.11. The number of benzene rings is 1. The summed E-state index contributed by atoms with van der Waals surface area (Å²) in [6.45, 7) is 1.73. The molecule has 0 aliphatic carbocycles. The summed E-state index contributed by atoms with van der Waals surface area (Å²) in [6, 6.07) is 8.77. The molecule has 0 radical (unpaired) electrons. The van der Waals surface area contributed by atoms with Crippen molar-refractivity contribution in [3.8, 4) is 11.5 Å². The van der Waals surface area contributed by atoms with E-state index in [0.29, 0.717) is 22.7 Å².